The Balaban J connectivity index is 1.07. The third kappa shape index (κ3) is 9.46. The molecule has 3 aromatic rings. The average molecular weight is 709 g/mol. The third-order valence-electron chi connectivity index (χ3n) is 8.68. The van der Waals surface area contributed by atoms with Crippen molar-refractivity contribution in [2.75, 3.05) is 50.0 Å². The Morgan fingerprint density at radius 1 is 0.960 bits per heavy atom. The number of benzene rings is 1. The number of Topliss-reactive ketones (excluding diaryl/α,β-unsaturated/α-hetero) is 1. The molecule has 2 aliphatic rings. The monoisotopic (exact) mass is 708 g/mol. The minimum absolute atomic E-state index is 0.127. The van der Waals surface area contributed by atoms with Gasteiger partial charge in [0.2, 0.25) is 11.8 Å². The van der Waals surface area contributed by atoms with Crippen LogP contribution in [0.15, 0.2) is 54.9 Å². The number of ether oxygens (including phenoxy) is 1. The maximum atomic E-state index is 13.6. The zero-order valence-corrected chi connectivity index (χ0v) is 28.3. The third-order valence-corrected chi connectivity index (χ3v) is 9.51. The number of unbranched alkanes of at least 4 members (excludes halogenated alkanes) is 1. The van der Waals surface area contributed by atoms with Gasteiger partial charge in [-0.25, -0.2) is 0 Å². The molecule has 2 unspecified atom stereocenters. The van der Waals surface area contributed by atoms with Crippen molar-refractivity contribution in [3.8, 4) is 0 Å². The second-order valence-electron chi connectivity index (χ2n) is 12.2. The number of nitrogens with zero attached hydrogens (tertiary/aromatic N) is 4. The largest absolute Gasteiger partial charge is 0.378 e. The minimum Gasteiger partial charge on any atom is -0.378 e. The Bertz CT molecular complexity index is 1880. The molecule has 1 fully saturated rings. The van der Waals surface area contributed by atoms with Crippen LogP contribution in [0.1, 0.15) is 38.5 Å². The number of rotatable bonds is 18. The second kappa shape index (κ2) is 16.7. The van der Waals surface area contributed by atoms with E-state index in [1.54, 1.807) is 12.4 Å². The lowest BCUT2D eigenvalue weighted by Crippen LogP contribution is -2.41. The van der Waals surface area contributed by atoms with Gasteiger partial charge in [-0.1, -0.05) is 12.1 Å². The van der Waals surface area contributed by atoms with Gasteiger partial charge in [-0.15, -0.1) is 0 Å². The SMILES string of the molecule is O=C(CCCCNC(=O)C(CC(=O)C1CCCN1c1ccnc2c1ccc1cccnc12)CS(=O)(=O)O)NCCOCCN1C(=O)C=CC1=O. The van der Waals surface area contributed by atoms with Crippen molar-refractivity contribution in [1.29, 1.82) is 0 Å². The first kappa shape index (κ1) is 36.5. The smallest absolute Gasteiger partial charge is 0.265 e. The number of nitrogens with one attached hydrogen (secondary N) is 2. The van der Waals surface area contributed by atoms with E-state index in [1.807, 2.05) is 35.2 Å². The summed E-state index contributed by atoms with van der Waals surface area (Å²) < 4.78 is 38.6. The minimum atomic E-state index is -4.56. The summed E-state index contributed by atoms with van der Waals surface area (Å²) in [5, 5.41) is 7.12. The maximum absolute atomic E-state index is 13.6. The predicted octanol–water partition coefficient (Wildman–Crippen LogP) is 1.56. The van der Waals surface area contributed by atoms with Crippen LogP contribution in [0.25, 0.3) is 21.8 Å². The highest BCUT2D eigenvalue weighted by Crippen LogP contribution is 2.34. The van der Waals surface area contributed by atoms with Crippen molar-refractivity contribution >= 4 is 67.0 Å². The highest BCUT2D eigenvalue weighted by Gasteiger charge is 2.35. The van der Waals surface area contributed by atoms with Crippen LogP contribution in [0.4, 0.5) is 5.69 Å². The van der Waals surface area contributed by atoms with Crippen LogP contribution in [-0.4, -0.2) is 108 Å². The molecule has 1 aromatic carbocycles. The standard InChI is InChI=1S/C34H40N6O9S/c41-28(27-6-4-17-39(27)26-12-15-37-33-25(26)9-8-23-5-3-14-36-32(23)33)21-24(22-50(46,47)48)34(45)38-13-2-1-7-29(42)35-16-19-49-20-18-40-30(43)10-11-31(40)44/h3,5,8-12,14-15,24,27H,1-2,4,6-7,13,16-22H2,(H,35,42)(H,38,45)(H,46,47,48). The van der Waals surface area contributed by atoms with Gasteiger partial charge in [0.15, 0.2) is 5.78 Å². The van der Waals surface area contributed by atoms with E-state index in [4.69, 9.17) is 4.74 Å². The van der Waals surface area contributed by atoms with E-state index in [2.05, 4.69) is 20.6 Å². The molecule has 15 nitrogen and oxygen atoms in total. The van der Waals surface area contributed by atoms with Crippen molar-refractivity contribution in [3.63, 3.8) is 0 Å². The molecular formula is C34H40N6O9S. The summed E-state index contributed by atoms with van der Waals surface area (Å²) in [6, 6.07) is 8.94. The van der Waals surface area contributed by atoms with Gasteiger partial charge in [-0.05, 0) is 43.9 Å². The van der Waals surface area contributed by atoms with E-state index in [0.717, 1.165) is 33.3 Å². The molecular weight excluding hydrogens is 668 g/mol. The van der Waals surface area contributed by atoms with Crippen molar-refractivity contribution < 1.29 is 41.7 Å². The zero-order valence-electron chi connectivity index (χ0n) is 27.5. The van der Waals surface area contributed by atoms with Crippen LogP contribution < -0.4 is 15.5 Å². The number of imide groups is 1. The van der Waals surface area contributed by atoms with E-state index >= 15 is 0 Å². The molecule has 0 saturated carbocycles. The molecule has 5 rings (SSSR count). The van der Waals surface area contributed by atoms with E-state index in [1.165, 1.54) is 12.2 Å². The quantitative estimate of drug-likeness (QED) is 0.0746. The molecule has 4 heterocycles. The van der Waals surface area contributed by atoms with Crippen LogP contribution in [-0.2, 0) is 38.8 Å². The maximum Gasteiger partial charge on any atom is 0.265 e. The summed E-state index contributed by atoms with van der Waals surface area (Å²) in [4.78, 5) is 73.9. The Morgan fingerprint density at radius 3 is 2.52 bits per heavy atom. The van der Waals surface area contributed by atoms with E-state index in [-0.39, 0.29) is 69.2 Å². The molecule has 16 heteroatoms. The Kier molecular flexibility index (Phi) is 12.2. The number of hydrogen-bond acceptors (Lipinski definition) is 11. The number of pyridine rings is 2. The van der Waals surface area contributed by atoms with Gasteiger partial charge in [-0.3, -0.25) is 43.4 Å². The molecule has 2 aromatic heterocycles. The summed E-state index contributed by atoms with van der Waals surface area (Å²) >= 11 is 0. The van der Waals surface area contributed by atoms with Gasteiger partial charge in [0.25, 0.3) is 21.9 Å². The summed E-state index contributed by atoms with van der Waals surface area (Å²) in [5.41, 5.74) is 2.25. The lowest BCUT2D eigenvalue weighted by atomic mass is 9.97. The van der Waals surface area contributed by atoms with Gasteiger partial charge < -0.3 is 20.3 Å². The van der Waals surface area contributed by atoms with E-state index < -0.39 is 33.7 Å². The fraction of sp³-hybridized carbons (Fsp3) is 0.441. The number of carbonyl (C=O) groups excluding carboxylic acids is 5. The van der Waals surface area contributed by atoms with Crippen LogP contribution in [0, 0.1) is 5.92 Å². The van der Waals surface area contributed by atoms with Gasteiger partial charge in [0.1, 0.15) is 0 Å². The number of amides is 4. The van der Waals surface area contributed by atoms with Crippen molar-refractivity contribution in [3.05, 3.63) is 54.9 Å². The lowest BCUT2D eigenvalue weighted by Gasteiger charge is -2.28. The number of carbonyl (C=O) groups is 5. The Hall–Kier alpha value is -4.80. The first-order valence-corrected chi connectivity index (χ1v) is 18.2. The molecule has 3 N–H and O–H groups in total. The molecule has 0 bridgehead atoms. The molecule has 0 spiro atoms. The number of fused-ring (bicyclic) bond motifs is 3. The topological polar surface area (TPSA) is 205 Å². The zero-order chi connectivity index (χ0) is 35.7. The highest BCUT2D eigenvalue weighted by atomic mass is 32.2. The van der Waals surface area contributed by atoms with Crippen molar-refractivity contribution in [2.24, 2.45) is 5.92 Å². The van der Waals surface area contributed by atoms with Crippen LogP contribution in [0.5, 0.6) is 0 Å². The Morgan fingerprint density at radius 2 is 1.74 bits per heavy atom. The summed E-state index contributed by atoms with van der Waals surface area (Å²) in [6.07, 6.45) is 7.68. The first-order valence-electron chi connectivity index (χ1n) is 16.5. The second-order valence-corrected chi connectivity index (χ2v) is 13.7. The average Bonchev–Trinajstić information content (AvgIpc) is 3.71. The van der Waals surface area contributed by atoms with Crippen molar-refractivity contribution in [2.45, 2.75) is 44.6 Å². The van der Waals surface area contributed by atoms with E-state index in [0.29, 0.717) is 31.3 Å². The van der Waals surface area contributed by atoms with Crippen LogP contribution >= 0.6 is 0 Å². The van der Waals surface area contributed by atoms with E-state index in [9.17, 15) is 36.9 Å². The molecule has 50 heavy (non-hydrogen) atoms. The van der Waals surface area contributed by atoms with Crippen LogP contribution in [0.2, 0.25) is 0 Å². The van der Waals surface area contributed by atoms with Gasteiger partial charge in [-0.2, -0.15) is 8.42 Å². The molecule has 0 aliphatic carbocycles. The van der Waals surface area contributed by atoms with Gasteiger partial charge in [0.05, 0.1) is 48.5 Å². The normalized spacial score (nSPS) is 16.8. The van der Waals surface area contributed by atoms with Crippen molar-refractivity contribution in [1.82, 2.24) is 25.5 Å². The fourth-order valence-electron chi connectivity index (χ4n) is 6.27. The molecule has 4 amide bonds. The molecule has 2 atom stereocenters. The summed E-state index contributed by atoms with van der Waals surface area (Å²) in [6.45, 7) is 1.45. The lowest BCUT2D eigenvalue weighted by molar-refractivity contribution is -0.137. The predicted molar refractivity (Wildman–Crippen MR) is 183 cm³/mol. The Labute approximate surface area is 289 Å². The fourth-order valence-corrected chi connectivity index (χ4v) is 7.04. The van der Waals surface area contributed by atoms with Crippen LogP contribution in [0.3, 0.4) is 0 Å². The number of aromatic nitrogens is 2. The molecule has 266 valence electrons. The highest BCUT2D eigenvalue weighted by molar-refractivity contribution is 7.85. The number of ketones is 1. The first-order chi connectivity index (χ1) is 24.0. The number of anilines is 1. The molecule has 2 aliphatic heterocycles. The summed E-state index contributed by atoms with van der Waals surface area (Å²) in [7, 11) is -4.56. The molecule has 0 radical (unpaired) electrons. The number of hydrogen-bond donors (Lipinski definition) is 3. The summed E-state index contributed by atoms with van der Waals surface area (Å²) in [5.74, 6) is -4.14. The molecule has 1 saturated heterocycles. The van der Waals surface area contributed by atoms with Gasteiger partial charge in [0, 0.05) is 73.5 Å². The van der Waals surface area contributed by atoms with Gasteiger partial charge >= 0.3 is 0 Å².